The summed E-state index contributed by atoms with van der Waals surface area (Å²) in [6.07, 6.45) is 2.70. The SMILES string of the molecule is Cc1cccc(CN2CCC[C@@H](c3nc4c(c(=O)[nH]3)CN(C(=O)c3cccs3)CC4)C2)n1. The second-order valence-corrected chi connectivity index (χ2v) is 9.62. The van der Waals surface area contributed by atoms with Gasteiger partial charge in [-0.25, -0.2) is 4.98 Å². The van der Waals surface area contributed by atoms with E-state index in [2.05, 4.69) is 20.9 Å². The van der Waals surface area contributed by atoms with Crippen LogP contribution in [0.1, 0.15) is 56.9 Å². The van der Waals surface area contributed by atoms with Crippen LogP contribution in [-0.2, 0) is 19.5 Å². The number of aromatic amines is 1. The molecule has 0 spiro atoms. The molecule has 0 bridgehead atoms. The number of nitrogens with one attached hydrogen (secondary N) is 1. The van der Waals surface area contributed by atoms with Gasteiger partial charge in [-0.3, -0.25) is 19.5 Å². The number of nitrogens with zero attached hydrogens (tertiary/aromatic N) is 4. The number of fused-ring (bicyclic) bond motifs is 1. The van der Waals surface area contributed by atoms with Gasteiger partial charge in [-0.15, -0.1) is 11.3 Å². The van der Waals surface area contributed by atoms with Gasteiger partial charge >= 0.3 is 0 Å². The number of likely N-dealkylation sites (tertiary alicyclic amines) is 1. The number of piperidine rings is 1. The van der Waals surface area contributed by atoms with Crippen molar-refractivity contribution in [2.24, 2.45) is 0 Å². The van der Waals surface area contributed by atoms with Gasteiger partial charge in [0.2, 0.25) is 0 Å². The van der Waals surface area contributed by atoms with E-state index in [0.29, 0.717) is 30.0 Å². The van der Waals surface area contributed by atoms with Crippen molar-refractivity contribution >= 4 is 17.2 Å². The third kappa shape index (κ3) is 4.38. The van der Waals surface area contributed by atoms with Crippen molar-refractivity contribution in [3.05, 3.63) is 79.4 Å². The quantitative estimate of drug-likeness (QED) is 0.662. The number of carbonyl (C=O) groups excluding carboxylic acids is 1. The van der Waals surface area contributed by atoms with Gasteiger partial charge in [0.25, 0.3) is 11.5 Å². The zero-order valence-electron chi connectivity index (χ0n) is 18.2. The lowest BCUT2D eigenvalue weighted by Gasteiger charge is -2.33. The monoisotopic (exact) mass is 449 g/mol. The van der Waals surface area contributed by atoms with Gasteiger partial charge in [-0.1, -0.05) is 12.1 Å². The second kappa shape index (κ2) is 8.96. The molecule has 1 saturated heterocycles. The van der Waals surface area contributed by atoms with Crippen molar-refractivity contribution in [2.75, 3.05) is 19.6 Å². The molecule has 5 heterocycles. The fourth-order valence-electron chi connectivity index (χ4n) is 4.71. The summed E-state index contributed by atoms with van der Waals surface area (Å²) in [6, 6.07) is 9.83. The number of thiophene rings is 1. The molecule has 0 aromatic carbocycles. The average Bonchev–Trinajstić information content (AvgIpc) is 3.34. The Labute approximate surface area is 191 Å². The fourth-order valence-corrected chi connectivity index (χ4v) is 5.40. The minimum Gasteiger partial charge on any atom is -0.333 e. The number of H-pyrrole nitrogens is 1. The molecule has 3 aromatic rings. The highest BCUT2D eigenvalue weighted by Crippen LogP contribution is 2.26. The molecule has 8 heteroatoms. The fraction of sp³-hybridized carbons (Fsp3) is 0.417. The van der Waals surface area contributed by atoms with Gasteiger partial charge in [0.15, 0.2) is 0 Å². The highest BCUT2D eigenvalue weighted by atomic mass is 32.1. The lowest BCUT2D eigenvalue weighted by atomic mass is 9.96. The van der Waals surface area contributed by atoms with Crippen molar-refractivity contribution in [2.45, 2.75) is 45.2 Å². The van der Waals surface area contributed by atoms with Gasteiger partial charge in [0.1, 0.15) is 5.82 Å². The molecule has 7 nitrogen and oxygen atoms in total. The zero-order chi connectivity index (χ0) is 22.1. The topological polar surface area (TPSA) is 82.2 Å². The van der Waals surface area contributed by atoms with Gasteiger partial charge in [0.05, 0.1) is 28.4 Å². The summed E-state index contributed by atoms with van der Waals surface area (Å²) in [5.74, 6) is 0.979. The van der Waals surface area contributed by atoms with Crippen molar-refractivity contribution < 1.29 is 4.79 Å². The molecule has 0 radical (unpaired) electrons. The van der Waals surface area contributed by atoms with E-state index in [1.54, 1.807) is 4.90 Å². The van der Waals surface area contributed by atoms with Crippen LogP contribution < -0.4 is 5.56 Å². The molecule has 2 aliphatic rings. The third-order valence-corrected chi connectivity index (χ3v) is 7.19. The first kappa shape index (κ1) is 21.0. The van der Waals surface area contributed by atoms with E-state index in [-0.39, 0.29) is 17.4 Å². The van der Waals surface area contributed by atoms with Crippen molar-refractivity contribution in [1.82, 2.24) is 24.8 Å². The molecule has 1 fully saturated rings. The van der Waals surface area contributed by atoms with Crippen LogP contribution in [0.2, 0.25) is 0 Å². The summed E-state index contributed by atoms with van der Waals surface area (Å²) in [7, 11) is 0. The van der Waals surface area contributed by atoms with Crippen LogP contribution in [0.3, 0.4) is 0 Å². The van der Waals surface area contributed by atoms with E-state index in [4.69, 9.17) is 4.98 Å². The van der Waals surface area contributed by atoms with Gasteiger partial charge in [-0.05, 0) is 49.9 Å². The van der Waals surface area contributed by atoms with Crippen LogP contribution in [0.5, 0.6) is 0 Å². The molecule has 166 valence electrons. The summed E-state index contributed by atoms with van der Waals surface area (Å²) < 4.78 is 0. The molecule has 2 aliphatic heterocycles. The zero-order valence-corrected chi connectivity index (χ0v) is 19.0. The molecule has 1 amide bonds. The molecule has 3 aromatic heterocycles. The molecular formula is C24H27N5O2S. The van der Waals surface area contributed by atoms with Crippen molar-refractivity contribution in [3.8, 4) is 0 Å². The lowest BCUT2D eigenvalue weighted by Crippen LogP contribution is -2.40. The van der Waals surface area contributed by atoms with Gasteiger partial charge in [-0.2, -0.15) is 0 Å². The first-order valence-corrected chi connectivity index (χ1v) is 12.0. The van der Waals surface area contributed by atoms with E-state index in [1.807, 2.05) is 36.6 Å². The normalized spacial score (nSPS) is 19.0. The van der Waals surface area contributed by atoms with Crippen LogP contribution in [0.15, 0.2) is 40.5 Å². The predicted molar refractivity (Wildman–Crippen MR) is 124 cm³/mol. The Balaban J connectivity index is 1.31. The highest BCUT2D eigenvalue weighted by molar-refractivity contribution is 7.12. The van der Waals surface area contributed by atoms with E-state index in [0.717, 1.165) is 55.4 Å². The minimum absolute atomic E-state index is 0.0122. The Morgan fingerprint density at radius 1 is 1.22 bits per heavy atom. The smallest absolute Gasteiger partial charge is 0.264 e. The molecule has 1 atom stereocenters. The number of aryl methyl sites for hydroxylation is 1. The number of amides is 1. The average molecular weight is 450 g/mol. The summed E-state index contributed by atoms with van der Waals surface area (Å²) in [4.78, 5) is 43.0. The predicted octanol–water partition coefficient (Wildman–Crippen LogP) is 3.11. The van der Waals surface area contributed by atoms with Gasteiger partial charge in [0, 0.05) is 37.7 Å². The minimum atomic E-state index is -0.105. The molecule has 0 saturated carbocycles. The summed E-state index contributed by atoms with van der Waals surface area (Å²) >= 11 is 1.43. The largest absolute Gasteiger partial charge is 0.333 e. The van der Waals surface area contributed by atoms with Crippen molar-refractivity contribution in [3.63, 3.8) is 0 Å². The Morgan fingerprint density at radius 3 is 2.94 bits per heavy atom. The summed E-state index contributed by atoms with van der Waals surface area (Å²) in [5.41, 5.74) is 3.47. The number of hydrogen-bond acceptors (Lipinski definition) is 6. The van der Waals surface area contributed by atoms with Crippen LogP contribution in [0.25, 0.3) is 0 Å². The third-order valence-electron chi connectivity index (χ3n) is 6.33. The Bertz CT molecular complexity index is 1170. The first-order valence-electron chi connectivity index (χ1n) is 11.2. The standard InChI is InChI=1S/C24H27N5O2S/c1-16-5-2-7-18(25-16)14-28-10-3-6-17(13-28)22-26-20-9-11-29(15-19(20)23(30)27-22)24(31)21-8-4-12-32-21/h2,4-5,7-8,12,17H,3,6,9-11,13-15H2,1H3,(H,26,27,30)/t17-/m1/s1. The maximum atomic E-state index is 12.9. The van der Waals surface area contributed by atoms with Crippen LogP contribution >= 0.6 is 11.3 Å². The molecule has 1 N–H and O–H groups in total. The van der Waals surface area contributed by atoms with E-state index in [9.17, 15) is 9.59 Å². The Kier molecular flexibility index (Phi) is 5.89. The van der Waals surface area contributed by atoms with Gasteiger partial charge < -0.3 is 9.88 Å². The van der Waals surface area contributed by atoms with Crippen LogP contribution in [-0.4, -0.2) is 50.3 Å². The Morgan fingerprint density at radius 2 is 2.12 bits per heavy atom. The molecular weight excluding hydrogens is 422 g/mol. The number of rotatable bonds is 4. The number of pyridine rings is 1. The van der Waals surface area contributed by atoms with E-state index in [1.165, 1.54) is 11.3 Å². The van der Waals surface area contributed by atoms with Crippen LogP contribution in [0.4, 0.5) is 0 Å². The number of carbonyl (C=O) groups is 1. The molecule has 32 heavy (non-hydrogen) atoms. The maximum absolute atomic E-state index is 12.9. The van der Waals surface area contributed by atoms with E-state index < -0.39 is 0 Å². The number of aromatic nitrogens is 3. The first-order chi connectivity index (χ1) is 15.6. The molecule has 0 aliphatic carbocycles. The molecule has 0 unspecified atom stereocenters. The summed E-state index contributed by atoms with van der Waals surface area (Å²) in [5, 5.41) is 1.90. The van der Waals surface area contributed by atoms with Crippen molar-refractivity contribution in [1.29, 1.82) is 0 Å². The summed E-state index contributed by atoms with van der Waals surface area (Å²) in [6.45, 7) is 5.63. The maximum Gasteiger partial charge on any atom is 0.264 e. The lowest BCUT2D eigenvalue weighted by molar-refractivity contribution is 0.0737. The molecule has 5 rings (SSSR count). The Hall–Kier alpha value is -2.84. The van der Waals surface area contributed by atoms with E-state index >= 15 is 0 Å². The number of hydrogen-bond donors (Lipinski definition) is 1. The highest BCUT2D eigenvalue weighted by Gasteiger charge is 2.28. The second-order valence-electron chi connectivity index (χ2n) is 8.67. The van der Waals surface area contributed by atoms with Crippen LogP contribution in [0, 0.1) is 6.92 Å².